The number of rotatable bonds is 2. The molecule has 0 aliphatic carbocycles. The molecule has 0 bridgehead atoms. The van der Waals surface area contributed by atoms with E-state index in [0.717, 1.165) is 22.6 Å². The van der Waals surface area contributed by atoms with Gasteiger partial charge >= 0.3 is 0 Å². The Morgan fingerprint density at radius 3 is 2.62 bits per heavy atom. The van der Waals surface area contributed by atoms with E-state index in [-0.39, 0.29) is 0 Å². The van der Waals surface area contributed by atoms with Crippen LogP contribution in [0.2, 0.25) is 0 Å². The maximum absolute atomic E-state index is 5.80. The Hall–Kier alpha value is -1.96. The van der Waals surface area contributed by atoms with Gasteiger partial charge in [-0.1, -0.05) is 18.2 Å². The van der Waals surface area contributed by atoms with Crippen LogP contribution in [0.3, 0.4) is 0 Å². The molecule has 0 atom stereocenters. The largest absolute Gasteiger partial charge is 0.497 e. The predicted octanol–water partition coefficient (Wildman–Crippen LogP) is 3.25. The standard InChI is InChI=1S/C14H15NO/c1-10-6-7-12(15)9-14(10)11-4-3-5-13(8-11)16-2/h3-9H,15H2,1-2H3. The lowest BCUT2D eigenvalue weighted by Crippen LogP contribution is -1.89. The molecule has 0 unspecified atom stereocenters. The second-order valence-corrected chi connectivity index (χ2v) is 3.81. The van der Waals surface area contributed by atoms with Gasteiger partial charge in [-0.15, -0.1) is 0 Å². The van der Waals surface area contributed by atoms with Crippen LogP contribution in [0.5, 0.6) is 5.75 Å². The van der Waals surface area contributed by atoms with Crippen LogP contribution in [0.25, 0.3) is 11.1 Å². The zero-order chi connectivity index (χ0) is 11.5. The normalized spacial score (nSPS) is 10.1. The molecule has 2 aromatic rings. The zero-order valence-corrected chi connectivity index (χ0v) is 9.53. The topological polar surface area (TPSA) is 35.2 Å². The van der Waals surface area contributed by atoms with Crippen LogP contribution in [-0.4, -0.2) is 7.11 Å². The first-order valence-electron chi connectivity index (χ1n) is 5.21. The summed E-state index contributed by atoms with van der Waals surface area (Å²) in [7, 11) is 1.67. The first kappa shape index (κ1) is 10.6. The van der Waals surface area contributed by atoms with Gasteiger partial charge in [0.15, 0.2) is 0 Å². The minimum Gasteiger partial charge on any atom is -0.497 e. The fourth-order valence-electron chi connectivity index (χ4n) is 1.74. The molecule has 82 valence electrons. The highest BCUT2D eigenvalue weighted by Gasteiger charge is 2.03. The summed E-state index contributed by atoms with van der Waals surface area (Å²) < 4.78 is 5.22. The molecule has 2 N–H and O–H groups in total. The van der Waals surface area contributed by atoms with Gasteiger partial charge in [0.1, 0.15) is 5.75 Å². The third-order valence-electron chi connectivity index (χ3n) is 2.64. The van der Waals surface area contributed by atoms with Crippen molar-refractivity contribution in [1.29, 1.82) is 0 Å². The van der Waals surface area contributed by atoms with Gasteiger partial charge in [0.05, 0.1) is 7.11 Å². The lowest BCUT2D eigenvalue weighted by atomic mass is 10.00. The monoisotopic (exact) mass is 213 g/mol. The fraction of sp³-hybridized carbons (Fsp3) is 0.143. The number of methoxy groups -OCH3 is 1. The Morgan fingerprint density at radius 1 is 1.06 bits per heavy atom. The number of ether oxygens (including phenoxy) is 1. The van der Waals surface area contributed by atoms with Crippen LogP contribution in [0.15, 0.2) is 42.5 Å². The van der Waals surface area contributed by atoms with Crippen LogP contribution in [0.1, 0.15) is 5.56 Å². The summed E-state index contributed by atoms with van der Waals surface area (Å²) >= 11 is 0. The highest BCUT2D eigenvalue weighted by molar-refractivity contribution is 5.71. The van der Waals surface area contributed by atoms with E-state index in [0.29, 0.717) is 0 Å². The molecule has 0 fully saturated rings. The average Bonchev–Trinajstić information content (AvgIpc) is 2.32. The van der Waals surface area contributed by atoms with E-state index in [1.807, 2.05) is 36.4 Å². The summed E-state index contributed by atoms with van der Waals surface area (Å²) in [5, 5.41) is 0. The lowest BCUT2D eigenvalue weighted by molar-refractivity contribution is 0.415. The van der Waals surface area contributed by atoms with Crippen molar-refractivity contribution >= 4 is 5.69 Å². The summed E-state index contributed by atoms with van der Waals surface area (Å²) in [5.74, 6) is 0.860. The summed E-state index contributed by atoms with van der Waals surface area (Å²) in [6.07, 6.45) is 0. The van der Waals surface area contributed by atoms with E-state index in [1.165, 1.54) is 5.56 Å². The van der Waals surface area contributed by atoms with Crippen molar-refractivity contribution in [1.82, 2.24) is 0 Å². The maximum atomic E-state index is 5.80. The van der Waals surface area contributed by atoms with Crippen LogP contribution >= 0.6 is 0 Å². The molecule has 0 saturated carbocycles. The molecule has 16 heavy (non-hydrogen) atoms. The van der Waals surface area contributed by atoms with Gasteiger partial charge in [-0.05, 0) is 47.9 Å². The Kier molecular flexibility index (Phi) is 2.82. The minimum atomic E-state index is 0.781. The van der Waals surface area contributed by atoms with E-state index < -0.39 is 0 Å². The Bertz CT molecular complexity index is 506. The van der Waals surface area contributed by atoms with Crippen molar-refractivity contribution < 1.29 is 4.74 Å². The van der Waals surface area contributed by atoms with Crippen molar-refractivity contribution in [3.63, 3.8) is 0 Å². The molecule has 0 saturated heterocycles. The van der Waals surface area contributed by atoms with Crippen LogP contribution in [-0.2, 0) is 0 Å². The van der Waals surface area contributed by atoms with Gasteiger partial charge in [0, 0.05) is 5.69 Å². The van der Waals surface area contributed by atoms with Gasteiger partial charge in [-0.25, -0.2) is 0 Å². The molecule has 0 aromatic heterocycles. The van der Waals surface area contributed by atoms with E-state index in [2.05, 4.69) is 13.0 Å². The fourth-order valence-corrected chi connectivity index (χ4v) is 1.74. The molecule has 2 heteroatoms. The molecule has 2 aromatic carbocycles. The minimum absolute atomic E-state index is 0.781. The van der Waals surface area contributed by atoms with Gasteiger partial charge in [-0.2, -0.15) is 0 Å². The van der Waals surface area contributed by atoms with Gasteiger partial charge < -0.3 is 10.5 Å². The summed E-state index contributed by atoms with van der Waals surface area (Å²) in [6.45, 7) is 2.08. The quantitative estimate of drug-likeness (QED) is 0.777. The van der Waals surface area contributed by atoms with E-state index in [4.69, 9.17) is 10.5 Å². The molecule has 0 heterocycles. The molecular formula is C14H15NO. The molecule has 0 spiro atoms. The molecule has 0 radical (unpaired) electrons. The second-order valence-electron chi connectivity index (χ2n) is 3.81. The SMILES string of the molecule is COc1cccc(-c2cc(N)ccc2C)c1. The number of benzene rings is 2. The van der Waals surface area contributed by atoms with Crippen LogP contribution in [0, 0.1) is 6.92 Å². The average molecular weight is 213 g/mol. The molecule has 0 aliphatic heterocycles. The second kappa shape index (κ2) is 4.27. The van der Waals surface area contributed by atoms with Crippen molar-refractivity contribution in [2.45, 2.75) is 6.92 Å². The number of hydrogen-bond donors (Lipinski definition) is 1. The van der Waals surface area contributed by atoms with Gasteiger partial charge in [-0.3, -0.25) is 0 Å². The third-order valence-corrected chi connectivity index (χ3v) is 2.64. The van der Waals surface area contributed by atoms with E-state index >= 15 is 0 Å². The summed E-state index contributed by atoms with van der Waals surface area (Å²) in [6, 6.07) is 13.9. The number of nitrogens with two attached hydrogens (primary N) is 1. The first-order valence-corrected chi connectivity index (χ1v) is 5.21. The molecule has 2 rings (SSSR count). The Labute approximate surface area is 95.7 Å². The first-order chi connectivity index (χ1) is 7.70. The number of nitrogen functional groups attached to an aromatic ring is 1. The van der Waals surface area contributed by atoms with Gasteiger partial charge in [0.25, 0.3) is 0 Å². The van der Waals surface area contributed by atoms with Crippen molar-refractivity contribution in [2.75, 3.05) is 12.8 Å². The predicted molar refractivity (Wildman–Crippen MR) is 67.6 cm³/mol. The smallest absolute Gasteiger partial charge is 0.119 e. The van der Waals surface area contributed by atoms with Gasteiger partial charge in [0.2, 0.25) is 0 Å². The van der Waals surface area contributed by atoms with Crippen molar-refractivity contribution in [3.05, 3.63) is 48.0 Å². The zero-order valence-electron chi connectivity index (χ0n) is 9.53. The molecule has 0 aliphatic rings. The van der Waals surface area contributed by atoms with Crippen LogP contribution in [0.4, 0.5) is 5.69 Å². The number of aryl methyl sites for hydroxylation is 1. The van der Waals surface area contributed by atoms with E-state index in [9.17, 15) is 0 Å². The Balaban J connectivity index is 2.53. The Morgan fingerprint density at radius 2 is 1.88 bits per heavy atom. The third kappa shape index (κ3) is 2.01. The van der Waals surface area contributed by atoms with E-state index in [1.54, 1.807) is 7.11 Å². The highest BCUT2D eigenvalue weighted by atomic mass is 16.5. The highest BCUT2D eigenvalue weighted by Crippen LogP contribution is 2.28. The molecule has 2 nitrogen and oxygen atoms in total. The number of anilines is 1. The molecule has 0 amide bonds. The summed E-state index contributed by atoms with van der Waals surface area (Å²) in [5.41, 5.74) is 10.1. The number of hydrogen-bond acceptors (Lipinski definition) is 2. The van der Waals surface area contributed by atoms with Crippen LogP contribution < -0.4 is 10.5 Å². The lowest BCUT2D eigenvalue weighted by Gasteiger charge is -2.08. The summed E-state index contributed by atoms with van der Waals surface area (Å²) in [4.78, 5) is 0. The maximum Gasteiger partial charge on any atom is 0.119 e. The van der Waals surface area contributed by atoms with Crippen molar-refractivity contribution in [2.24, 2.45) is 0 Å². The van der Waals surface area contributed by atoms with Crippen molar-refractivity contribution in [3.8, 4) is 16.9 Å². The molecular weight excluding hydrogens is 198 g/mol.